The van der Waals surface area contributed by atoms with Gasteiger partial charge in [-0.2, -0.15) is 0 Å². The highest BCUT2D eigenvalue weighted by molar-refractivity contribution is 5.89. The van der Waals surface area contributed by atoms with Crippen molar-refractivity contribution in [3.05, 3.63) is 54.1 Å². The summed E-state index contributed by atoms with van der Waals surface area (Å²) in [5.41, 5.74) is 1.77. The van der Waals surface area contributed by atoms with E-state index in [0.29, 0.717) is 6.61 Å². The molecule has 0 aliphatic carbocycles. The monoisotopic (exact) mass is 242 g/mol. The lowest BCUT2D eigenvalue weighted by Crippen LogP contribution is -2.03. The number of aliphatic hydroxyl groups excluding tert-OH is 1. The van der Waals surface area contributed by atoms with Gasteiger partial charge >= 0.3 is 0 Å². The third-order valence-corrected chi connectivity index (χ3v) is 2.82. The Balaban J connectivity index is 2.55. The SMILES string of the molecule is C=C(C)COc1c([C@@H](C)O)ccc2ccccc12. The van der Waals surface area contributed by atoms with Crippen molar-refractivity contribution in [3.63, 3.8) is 0 Å². The third kappa shape index (κ3) is 2.54. The fourth-order valence-corrected chi connectivity index (χ4v) is 1.95. The van der Waals surface area contributed by atoms with Crippen molar-refractivity contribution >= 4 is 10.8 Å². The third-order valence-electron chi connectivity index (χ3n) is 2.82. The lowest BCUT2D eigenvalue weighted by molar-refractivity contribution is 0.193. The smallest absolute Gasteiger partial charge is 0.133 e. The summed E-state index contributed by atoms with van der Waals surface area (Å²) in [6.45, 7) is 7.97. The quantitative estimate of drug-likeness (QED) is 0.825. The summed E-state index contributed by atoms with van der Waals surface area (Å²) >= 11 is 0. The van der Waals surface area contributed by atoms with E-state index < -0.39 is 6.10 Å². The molecule has 0 aliphatic heterocycles. The van der Waals surface area contributed by atoms with Gasteiger partial charge in [0.25, 0.3) is 0 Å². The maximum atomic E-state index is 9.83. The number of rotatable bonds is 4. The molecule has 0 unspecified atom stereocenters. The average molecular weight is 242 g/mol. The van der Waals surface area contributed by atoms with Gasteiger partial charge in [0.15, 0.2) is 0 Å². The zero-order valence-corrected chi connectivity index (χ0v) is 10.8. The molecule has 0 fully saturated rings. The van der Waals surface area contributed by atoms with Crippen molar-refractivity contribution in [2.24, 2.45) is 0 Å². The van der Waals surface area contributed by atoms with E-state index in [4.69, 9.17) is 4.74 Å². The van der Waals surface area contributed by atoms with Crippen LogP contribution in [0.5, 0.6) is 5.75 Å². The van der Waals surface area contributed by atoms with Crippen LogP contribution in [0.1, 0.15) is 25.5 Å². The minimum atomic E-state index is -0.547. The maximum Gasteiger partial charge on any atom is 0.133 e. The van der Waals surface area contributed by atoms with Crippen molar-refractivity contribution in [2.75, 3.05) is 6.61 Å². The Morgan fingerprint density at radius 1 is 1.28 bits per heavy atom. The second-order valence-corrected chi connectivity index (χ2v) is 4.63. The van der Waals surface area contributed by atoms with Gasteiger partial charge in [-0.3, -0.25) is 0 Å². The zero-order valence-electron chi connectivity index (χ0n) is 10.8. The molecule has 2 aromatic rings. The van der Waals surface area contributed by atoms with Gasteiger partial charge in [0.2, 0.25) is 0 Å². The Hall–Kier alpha value is -1.80. The molecular formula is C16H18O2. The molecule has 0 amide bonds. The normalized spacial score (nSPS) is 12.4. The van der Waals surface area contributed by atoms with E-state index in [1.54, 1.807) is 6.92 Å². The number of benzene rings is 2. The predicted octanol–water partition coefficient (Wildman–Crippen LogP) is 3.85. The van der Waals surface area contributed by atoms with Crippen molar-refractivity contribution in [3.8, 4) is 5.75 Å². The van der Waals surface area contributed by atoms with Crippen molar-refractivity contribution in [1.82, 2.24) is 0 Å². The largest absolute Gasteiger partial charge is 0.488 e. The molecule has 0 heterocycles. The lowest BCUT2D eigenvalue weighted by Gasteiger charge is -2.16. The predicted molar refractivity (Wildman–Crippen MR) is 74.9 cm³/mol. The zero-order chi connectivity index (χ0) is 13.1. The molecule has 0 saturated carbocycles. The molecule has 0 aromatic heterocycles. The molecule has 0 bridgehead atoms. The maximum absolute atomic E-state index is 9.83. The highest BCUT2D eigenvalue weighted by Gasteiger charge is 2.12. The molecule has 0 spiro atoms. The first-order valence-corrected chi connectivity index (χ1v) is 6.06. The first kappa shape index (κ1) is 12.7. The van der Waals surface area contributed by atoms with Crippen LogP contribution in [0.2, 0.25) is 0 Å². The van der Waals surface area contributed by atoms with Crippen LogP contribution in [0.15, 0.2) is 48.6 Å². The number of ether oxygens (including phenoxy) is 1. The molecule has 18 heavy (non-hydrogen) atoms. The van der Waals surface area contributed by atoms with Gasteiger partial charge < -0.3 is 9.84 Å². The summed E-state index contributed by atoms with van der Waals surface area (Å²) in [5, 5.41) is 12.0. The number of hydrogen-bond donors (Lipinski definition) is 1. The summed E-state index contributed by atoms with van der Waals surface area (Å²) in [6, 6.07) is 11.9. The highest BCUT2D eigenvalue weighted by atomic mass is 16.5. The van der Waals surface area contributed by atoms with E-state index in [1.165, 1.54) is 0 Å². The first-order chi connectivity index (χ1) is 8.59. The molecule has 2 rings (SSSR count). The number of aliphatic hydroxyl groups is 1. The van der Waals surface area contributed by atoms with Gasteiger partial charge in [-0.1, -0.05) is 43.0 Å². The molecule has 1 N–H and O–H groups in total. The average Bonchev–Trinajstić information content (AvgIpc) is 2.35. The van der Waals surface area contributed by atoms with E-state index in [-0.39, 0.29) is 0 Å². The van der Waals surface area contributed by atoms with Crippen LogP contribution in [-0.4, -0.2) is 11.7 Å². The summed E-state index contributed by atoms with van der Waals surface area (Å²) in [6.07, 6.45) is -0.547. The molecular weight excluding hydrogens is 224 g/mol. The molecule has 2 heteroatoms. The fraction of sp³-hybridized carbons (Fsp3) is 0.250. The topological polar surface area (TPSA) is 29.5 Å². The van der Waals surface area contributed by atoms with E-state index in [0.717, 1.165) is 27.7 Å². The van der Waals surface area contributed by atoms with Crippen LogP contribution < -0.4 is 4.74 Å². The Morgan fingerprint density at radius 3 is 2.67 bits per heavy atom. The van der Waals surface area contributed by atoms with Crippen LogP contribution in [-0.2, 0) is 0 Å². The fourth-order valence-electron chi connectivity index (χ4n) is 1.95. The van der Waals surface area contributed by atoms with Gasteiger partial charge in [0.05, 0.1) is 6.10 Å². The van der Waals surface area contributed by atoms with Crippen molar-refractivity contribution < 1.29 is 9.84 Å². The Bertz CT molecular complexity index is 570. The Labute approximate surface area is 108 Å². The molecule has 2 aromatic carbocycles. The number of hydrogen-bond acceptors (Lipinski definition) is 2. The molecule has 94 valence electrons. The second-order valence-electron chi connectivity index (χ2n) is 4.63. The lowest BCUT2D eigenvalue weighted by atomic mass is 10.0. The minimum absolute atomic E-state index is 0.466. The van der Waals surface area contributed by atoms with Crippen LogP contribution in [0.4, 0.5) is 0 Å². The standard InChI is InChI=1S/C16H18O2/c1-11(2)10-18-16-14(12(3)17)9-8-13-6-4-5-7-15(13)16/h4-9,12,17H,1,10H2,2-3H3/t12-/m1/s1. The molecule has 0 aliphatic rings. The van der Waals surface area contributed by atoms with Crippen LogP contribution >= 0.6 is 0 Å². The van der Waals surface area contributed by atoms with Crippen molar-refractivity contribution in [2.45, 2.75) is 20.0 Å². The van der Waals surface area contributed by atoms with E-state index in [9.17, 15) is 5.11 Å². The number of fused-ring (bicyclic) bond motifs is 1. The first-order valence-electron chi connectivity index (χ1n) is 6.06. The summed E-state index contributed by atoms with van der Waals surface area (Å²) in [4.78, 5) is 0. The minimum Gasteiger partial charge on any atom is -0.488 e. The van der Waals surface area contributed by atoms with Crippen LogP contribution in [0.3, 0.4) is 0 Å². The Kier molecular flexibility index (Phi) is 3.68. The molecule has 1 atom stereocenters. The van der Waals surface area contributed by atoms with Gasteiger partial charge in [0.1, 0.15) is 12.4 Å². The molecule has 2 nitrogen and oxygen atoms in total. The summed E-state index contributed by atoms with van der Waals surface area (Å²) in [7, 11) is 0. The van der Waals surface area contributed by atoms with Crippen LogP contribution in [0.25, 0.3) is 10.8 Å². The van der Waals surface area contributed by atoms with Crippen molar-refractivity contribution in [1.29, 1.82) is 0 Å². The summed E-state index contributed by atoms with van der Waals surface area (Å²) in [5.74, 6) is 0.756. The molecule has 0 radical (unpaired) electrons. The van der Waals surface area contributed by atoms with Gasteiger partial charge in [0, 0.05) is 10.9 Å². The van der Waals surface area contributed by atoms with E-state index in [1.807, 2.05) is 43.3 Å². The Morgan fingerprint density at radius 2 is 2.00 bits per heavy atom. The highest BCUT2D eigenvalue weighted by Crippen LogP contribution is 2.33. The van der Waals surface area contributed by atoms with E-state index in [2.05, 4.69) is 6.58 Å². The molecule has 0 saturated heterocycles. The van der Waals surface area contributed by atoms with Crippen LogP contribution in [0, 0.1) is 0 Å². The summed E-state index contributed by atoms with van der Waals surface area (Å²) < 4.78 is 5.81. The van der Waals surface area contributed by atoms with Gasteiger partial charge in [-0.05, 0) is 24.8 Å². The van der Waals surface area contributed by atoms with Gasteiger partial charge in [-0.15, -0.1) is 0 Å². The van der Waals surface area contributed by atoms with E-state index >= 15 is 0 Å². The second kappa shape index (κ2) is 5.23. The van der Waals surface area contributed by atoms with Gasteiger partial charge in [-0.25, -0.2) is 0 Å².